The highest BCUT2D eigenvalue weighted by atomic mass is 19.2. The first-order chi connectivity index (χ1) is 11.3. The molecule has 1 aliphatic rings. The summed E-state index contributed by atoms with van der Waals surface area (Å²) in [4.78, 5) is 13.8. The van der Waals surface area contributed by atoms with Crippen molar-refractivity contribution in [1.29, 1.82) is 0 Å². The quantitative estimate of drug-likeness (QED) is 0.729. The number of rotatable bonds is 4. The van der Waals surface area contributed by atoms with E-state index in [1.165, 1.54) is 0 Å². The topological polar surface area (TPSA) is 101 Å². The van der Waals surface area contributed by atoms with Gasteiger partial charge >= 0.3 is 0 Å². The molecule has 2 aromatic rings. The van der Waals surface area contributed by atoms with E-state index in [0.717, 1.165) is 17.3 Å². The minimum Gasteiger partial charge on any atom is -0.382 e. The Kier molecular flexibility index (Phi) is 4.18. The van der Waals surface area contributed by atoms with Gasteiger partial charge in [-0.1, -0.05) is 0 Å². The second kappa shape index (κ2) is 6.16. The standard InChI is InChI=1S/C15H16F3N5O/c16-10-4-12(18)11(17)2-7(10)1-8(19)3-14(24)23-5-9-13(6-23)21-22-15(9)20/h2,4,8H,1,3,5-6,19H2,(H3,20,21,22)/t8-/m1/s1. The summed E-state index contributed by atoms with van der Waals surface area (Å²) in [6.07, 6.45) is -0.117. The fourth-order valence-corrected chi connectivity index (χ4v) is 2.77. The maximum absolute atomic E-state index is 13.6. The van der Waals surface area contributed by atoms with Crippen molar-refractivity contribution < 1.29 is 18.0 Å². The van der Waals surface area contributed by atoms with Crippen molar-refractivity contribution in [2.45, 2.75) is 32.0 Å². The number of hydrogen-bond acceptors (Lipinski definition) is 4. The number of aromatic nitrogens is 2. The van der Waals surface area contributed by atoms with Crippen LogP contribution in [0.5, 0.6) is 0 Å². The van der Waals surface area contributed by atoms with E-state index in [-0.39, 0.29) is 24.3 Å². The molecule has 24 heavy (non-hydrogen) atoms. The number of halogens is 3. The van der Waals surface area contributed by atoms with Gasteiger partial charge in [-0.2, -0.15) is 5.10 Å². The number of benzene rings is 1. The lowest BCUT2D eigenvalue weighted by molar-refractivity contribution is -0.132. The number of aromatic amines is 1. The molecule has 0 saturated heterocycles. The normalized spacial score (nSPS) is 14.8. The number of carbonyl (C=O) groups excluding carboxylic acids is 1. The van der Waals surface area contributed by atoms with E-state index in [1.807, 2.05) is 0 Å². The van der Waals surface area contributed by atoms with Crippen LogP contribution in [0.2, 0.25) is 0 Å². The van der Waals surface area contributed by atoms with E-state index in [0.29, 0.717) is 25.0 Å². The molecular formula is C15H16F3N5O. The van der Waals surface area contributed by atoms with Crippen LogP contribution >= 0.6 is 0 Å². The van der Waals surface area contributed by atoms with Crippen LogP contribution in [0.25, 0.3) is 0 Å². The molecule has 9 heteroatoms. The van der Waals surface area contributed by atoms with Crippen LogP contribution in [0.15, 0.2) is 12.1 Å². The van der Waals surface area contributed by atoms with Crippen LogP contribution in [0.1, 0.15) is 23.2 Å². The minimum atomic E-state index is -1.26. The van der Waals surface area contributed by atoms with E-state index in [2.05, 4.69) is 10.2 Å². The maximum atomic E-state index is 13.6. The van der Waals surface area contributed by atoms with Gasteiger partial charge in [-0.3, -0.25) is 9.89 Å². The third kappa shape index (κ3) is 3.07. The number of nitrogens with zero attached hydrogens (tertiary/aromatic N) is 2. The zero-order valence-corrected chi connectivity index (χ0v) is 12.7. The summed E-state index contributed by atoms with van der Waals surface area (Å²) in [7, 11) is 0. The number of anilines is 1. The molecule has 1 aromatic heterocycles. The Bertz CT molecular complexity index is 792. The number of H-pyrrole nitrogens is 1. The summed E-state index contributed by atoms with van der Waals surface area (Å²) in [5, 5.41) is 6.61. The van der Waals surface area contributed by atoms with E-state index in [1.54, 1.807) is 4.90 Å². The largest absolute Gasteiger partial charge is 0.382 e. The average Bonchev–Trinajstić information content (AvgIpc) is 3.07. The van der Waals surface area contributed by atoms with Crippen LogP contribution in [-0.4, -0.2) is 27.0 Å². The first kappa shape index (κ1) is 16.3. The molecular weight excluding hydrogens is 323 g/mol. The Labute approximate surface area is 135 Å². The lowest BCUT2D eigenvalue weighted by atomic mass is 10.0. The van der Waals surface area contributed by atoms with Crippen molar-refractivity contribution in [3.63, 3.8) is 0 Å². The molecule has 5 N–H and O–H groups in total. The van der Waals surface area contributed by atoms with E-state index < -0.39 is 23.5 Å². The van der Waals surface area contributed by atoms with E-state index in [4.69, 9.17) is 11.5 Å². The van der Waals surface area contributed by atoms with Crippen LogP contribution < -0.4 is 11.5 Å². The van der Waals surface area contributed by atoms with Gasteiger partial charge in [-0.25, -0.2) is 13.2 Å². The summed E-state index contributed by atoms with van der Waals surface area (Å²) < 4.78 is 39.7. The smallest absolute Gasteiger partial charge is 0.224 e. The highest BCUT2D eigenvalue weighted by Gasteiger charge is 2.28. The molecule has 3 rings (SSSR count). The number of nitrogens with two attached hydrogens (primary N) is 2. The second-order valence-electron chi connectivity index (χ2n) is 5.84. The van der Waals surface area contributed by atoms with E-state index >= 15 is 0 Å². The van der Waals surface area contributed by atoms with Crippen LogP contribution in [0, 0.1) is 17.5 Å². The molecule has 0 fully saturated rings. The van der Waals surface area contributed by atoms with Crippen molar-refractivity contribution in [2.24, 2.45) is 5.73 Å². The summed E-state index contributed by atoms with van der Waals surface area (Å²) >= 11 is 0. The predicted molar refractivity (Wildman–Crippen MR) is 79.9 cm³/mol. The Hall–Kier alpha value is -2.55. The van der Waals surface area contributed by atoms with Gasteiger partial charge in [0.2, 0.25) is 5.91 Å². The summed E-state index contributed by atoms with van der Waals surface area (Å²) in [6, 6.07) is 0.524. The van der Waals surface area contributed by atoms with Gasteiger partial charge in [-0.05, 0) is 18.1 Å². The SMILES string of the molecule is Nc1n[nH]c2c1CN(C(=O)C[C@H](N)Cc1cc(F)c(F)cc1F)C2. The molecule has 0 spiro atoms. The van der Waals surface area contributed by atoms with Crippen molar-refractivity contribution in [1.82, 2.24) is 15.1 Å². The second-order valence-corrected chi connectivity index (χ2v) is 5.84. The fraction of sp³-hybridized carbons (Fsp3) is 0.333. The van der Waals surface area contributed by atoms with Crippen molar-refractivity contribution >= 4 is 11.7 Å². The van der Waals surface area contributed by atoms with Crippen LogP contribution in [0.3, 0.4) is 0 Å². The molecule has 0 radical (unpaired) electrons. The van der Waals surface area contributed by atoms with Crippen molar-refractivity contribution in [3.8, 4) is 0 Å². The highest BCUT2D eigenvalue weighted by Crippen LogP contribution is 2.26. The zero-order valence-electron chi connectivity index (χ0n) is 12.7. The molecule has 1 atom stereocenters. The number of fused-ring (bicyclic) bond motifs is 1. The van der Waals surface area contributed by atoms with Gasteiger partial charge in [0, 0.05) is 24.1 Å². The molecule has 2 heterocycles. The summed E-state index contributed by atoms with van der Waals surface area (Å²) in [5.41, 5.74) is 13.1. The Morgan fingerprint density at radius 3 is 2.67 bits per heavy atom. The molecule has 128 valence electrons. The molecule has 0 bridgehead atoms. The number of hydrogen-bond donors (Lipinski definition) is 3. The predicted octanol–water partition coefficient (Wildman–Crippen LogP) is 1.21. The average molecular weight is 339 g/mol. The maximum Gasteiger partial charge on any atom is 0.224 e. The molecule has 0 aliphatic carbocycles. The number of carbonyl (C=O) groups is 1. The Morgan fingerprint density at radius 2 is 1.96 bits per heavy atom. The zero-order chi connectivity index (χ0) is 17.4. The molecule has 1 aliphatic heterocycles. The molecule has 6 nitrogen and oxygen atoms in total. The van der Waals surface area contributed by atoms with Gasteiger partial charge in [0.25, 0.3) is 0 Å². The molecule has 0 unspecified atom stereocenters. The number of nitrogen functional groups attached to an aromatic ring is 1. The minimum absolute atomic E-state index is 0.0456. The highest BCUT2D eigenvalue weighted by molar-refractivity contribution is 5.78. The monoisotopic (exact) mass is 339 g/mol. The third-order valence-corrected chi connectivity index (χ3v) is 4.04. The first-order valence-corrected chi connectivity index (χ1v) is 7.33. The fourth-order valence-electron chi connectivity index (χ4n) is 2.77. The summed E-state index contributed by atoms with van der Waals surface area (Å²) in [6.45, 7) is 0.688. The number of amides is 1. The van der Waals surface area contributed by atoms with Gasteiger partial charge in [0.05, 0.1) is 18.8 Å². The van der Waals surface area contributed by atoms with Crippen molar-refractivity contribution in [3.05, 3.63) is 46.4 Å². The molecule has 1 aromatic carbocycles. The van der Waals surface area contributed by atoms with Crippen LogP contribution in [-0.2, 0) is 24.3 Å². The van der Waals surface area contributed by atoms with Gasteiger partial charge in [-0.15, -0.1) is 0 Å². The van der Waals surface area contributed by atoms with Gasteiger partial charge < -0.3 is 16.4 Å². The van der Waals surface area contributed by atoms with Gasteiger partial charge in [0.15, 0.2) is 17.5 Å². The lowest BCUT2D eigenvalue weighted by Crippen LogP contribution is -2.34. The third-order valence-electron chi connectivity index (χ3n) is 4.04. The number of nitrogens with one attached hydrogen (secondary N) is 1. The Balaban J connectivity index is 1.60. The van der Waals surface area contributed by atoms with Crippen molar-refractivity contribution in [2.75, 3.05) is 5.73 Å². The van der Waals surface area contributed by atoms with Gasteiger partial charge in [0.1, 0.15) is 5.82 Å². The van der Waals surface area contributed by atoms with Crippen LogP contribution in [0.4, 0.5) is 19.0 Å². The van der Waals surface area contributed by atoms with E-state index in [9.17, 15) is 18.0 Å². The Morgan fingerprint density at radius 1 is 1.25 bits per heavy atom. The molecule has 0 saturated carbocycles. The molecule has 1 amide bonds. The summed E-state index contributed by atoms with van der Waals surface area (Å²) in [5.74, 6) is -3.16. The lowest BCUT2D eigenvalue weighted by Gasteiger charge is -2.19. The first-order valence-electron chi connectivity index (χ1n) is 7.33.